The van der Waals surface area contributed by atoms with Crippen molar-refractivity contribution >= 4 is 29.0 Å². The van der Waals surface area contributed by atoms with E-state index in [0.717, 1.165) is 44.8 Å². The number of morpholine rings is 1. The predicted octanol–water partition coefficient (Wildman–Crippen LogP) is 4.94. The van der Waals surface area contributed by atoms with Gasteiger partial charge in [0.25, 0.3) is 5.91 Å². The van der Waals surface area contributed by atoms with Crippen LogP contribution in [0.1, 0.15) is 40.4 Å². The van der Waals surface area contributed by atoms with Crippen LogP contribution in [0.2, 0.25) is 0 Å². The van der Waals surface area contributed by atoms with Crippen molar-refractivity contribution in [1.29, 1.82) is 0 Å². The van der Waals surface area contributed by atoms with Crippen molar-refractivity contribution in [2.45, 2.75) is 25.8 Å². The first kappa shape index (κ1) is 27.1. The zero-order valence-corrected chi connectivity index (χ0v) is 21.5. The van der Waals surface area contributed by atoms with Gasteiger partial charge in [0, 0.05) is 24.3 Å². The lowest BCUT2D eigenvalue weighted by atomic mass is 10.00. The van der Waals surface area contributed by atoms with Gasteiger partial charge < -0.3 is 26.4 Å². The van der Waals surface area contributed by atoms with Gasteiger partial charge in [-0.1, -0.05) is 24.3 Å². The number of urea groups is 1. The second-order valence-electron chi connectivity index (χ2n) is 9.37. The first-order valence-electron chi connectivity index (χ1n) is 12.8. The SMILES string of the molecule is Cc1cc(NC(=O)NC(CCCN2CCOCC2)c2ccc(C(=O)Nc3ccccc3N)cc2)ccc1F. The molecule has 200 valence electrons. The lowest BCUT2D eigenvalue weighted by Gasteiger charge is -2.27. The van der Waals surface area contributed by atoms with Crippen LogP contribution in [0.3, 0.4) is 0 Å². The maximum absolute atomic E-state index is 13.6. The minimum Gasteiger partial charge on any atom is -0.397 e. The van der Waals surface area contributed by atoms with Gasteiger partial charge in [-0.3, -0.25) is 9.69 Å². The summed E-state index contributed by atoms with van der Waals surface area (Å²) in [6.45, 7) is 5.82. The van der Waals surface area contributed by atoms with Crippen LogP contribution in [-0.4, -0.2) is 49.7 Å². The van der Waals surface area contributed by atoms with Crippen molar-refractivity contribution in [1.82, 2.24) is 10.2 Å². The zero-order chi connectivity index (χ0) is 26.9. The number of benzene rings is 3. The number of para-hydroxylation sites is 2. The highest BCUT2D eigenvalue weighted by Crippen LogP contribution is 2.22. The van der Waals surface area contributed by atoms with E-state index in [0.29, 0.717) is 34.6 Å². The molecule has 3 amide bonds. The van der Waals surface area contributed by atoms with E-state index in [1.54, 1.807) is 49.4 Å². The van der Waals surface area contributed by atoms with Crippen LogP contribution in [0.25, 0.3) is 0 Å². The number of carbonyl (C=O) groups is 2. The summed E-state index contributed by atoms with van der Waals surface area (Å²) in [6.07, 6.45) is 1.58. The molecular weight excluding hydrogens is 485 g/mol. The van der Waals surface area contributed by atoms with Gasteiger partial charge in [0.1, 0.15) is 5.82 Å². The Hall–Kier alpha value is -3.95. The van der Waals surface area contributed by atoms with E-state index in [1.165, 1.54) is 12.1 Å². The molecule has 1 fully saturated rings. The van der Waals surface area contributed by atoms with Crippen LogP contribution < -0.4 is 21.7 Å². The van der Waals surface area contributed by atoms with Gasteiger partial charge in [0.05, 0.1) is 30.6 Å². The quantitative estimate of drug-likeness (QED) is 0.299. The topological polar surface area (TPSA) is 109 Å². The van der Waals surface area contributed by atoms with Gasteiger partial charge in [0.15, 0.2) is 0 Å². The van der Waals surface area contributed by atoms with Crippen LogP contribution in [0, 0.1) is 12.7 Å². The summed E-state index contributed by atoms with van der Waals surface area (Å²) in [7, 11) is 0. The van der Waals surface area contributed by atoms with Gasteiger partial charge in [-0.25, -0.2) is 9.18 Å². The molecule has 4 rings (SSSR count). The van der Waals surface area contributed by atoms with E-state index in [2.05, 4.69) is 20.9 Å². The maximum Gasteiger partial charge on any atom is 0.319 e. The Morgan fingerprint density at radius 2 is 1.76 bits per heavy atom. The highest BCUT2D eigenvalue weighted by molar-refractivity contribution is 6.05. The molecule has 1 atom stereocenters. The molecule has 9 heteroatoms. The Morgan fingerprint density at radius 1 is 1.03 bits per heavy atom. The van der Waals surface area contributed by atoms with Crippen molar-refractivity contribution in [3.63, 3.8) is 0 Å². The third-order valence-corrected chi connectivity index (χ3v) is 6.58. The van der Waals surface area contributed by atoms with Crippen LogP contribution in [0.4, 0.5) is 26.2 Å². The molecule has 3 aromatic rings. The molecule has 3 aromatic carbocycles. The number of nitrogens with two attached hydrogens (primary N) is 1. The summed E-state index contributed by atoms with van der Waals surface area (Å²) >= 11 is 0. The van der Waals surface area contributed by atoms with E-state index in [9.17, 15) is 14.0 Å². The van der Waals surface area contributed by atoms with E-state index >= 15 is 0 Å². The van der Waals surface area contributed by atoms with E-state index in [1.807, 2.05) is 12.1 Å². The predicted molar refractivity (Wildman–Crippen MR) is 148 cm³/mol. The Balaban J connectivity index is 1.43. The highest BCUT2D eigenvalue weighted by Gasteiger charge is 2.18. The molecule has 1 aliphatic rings. The summed E-state index contributed by atoms with van der Waals surface area (Å²) in [5.41, 5.74) is 9.31. The van der Waals surface area contributed by atoms with Crippen LogP contribution in [0.5, 0.6) is 0 Å². The number of ether oxygens (including phenoxy) is 1. The molecule has 0 bridgehead atoms. The number of hydrogen-bond donors (Lipinski definition) is 4. The average Bonchev–Trinajstić information content (AvgIpc) is 2.92. The fraction of sp³-hybridized carbons (Fsp3) is 0.310. The second-order valence-corrected chi connectivity index (χ2v) is 9.37. The number of carbonyl (C=O) groups excluding carboxylic acids is 2. The number of nitrogens with zero attached hydrogens (tertiary/aromatic N) is 1. The van der Waals surface area contributed by atoms with Crippen molar-refractivity contribution in [2.75, 3.05) is 49.2 Å². The van der Waals surface area contributed by atoms with Gasteiger partial charge in [-0.05, 0) is 79.9 Å². The van der Waals surface area contributed by atoms with Crippen molar-refractivity contribution in [3.8, 4) is 0 Å². The molecule has 1 saturated heterocycles. The van der Waals surface area contributed by atoms with Crippen LogP contribution in [0.15, 0.2) is 66.7 Å². The monoisotopic (exact) mass is 519 g/mol. The van der Waals surface area contributed by atoms with E-state index in [4.69, 9.17) is 10.5 Å². The van der Waals surface area contributed by atoms with Crippen molar-refractivity contribution in [2.24, 2.45) is 0 Å². The van der Waals surface area contributed by atoms with Gasteiger partial charge in [-0.2, -0.15) is 0 Å². The number of anilines is 3. The molecular formula is C29H34FN5O3. The zero-order valence-electron chi connectivity index (χ0n) is 21.5. The van der Waals surface area contributed by atoms with Gasteiger partial charge in [0.2, 0.25) is 0 Å². The fourth-order valence-electron chi connectivity index (χ4n) is 4.39. The Bertz CT molecular complexity index is 1250. The maximum atomic E-state index is 13.6. The molecule has 0 aromatic heterocycles. The van der Waals surface area contributed by atoms with Gasteiger partial charge in [-0.15, -0.1) is 0 Å². The summed E-state index contributed by atoms with van der Waals surface area (Å²) in [4.78, 5) is 27.9. The summed E-state index contributed by atoms with van der Waals surface area (Å²) in [5, 5.41) is 8.67. The molecule has 0 saturated carbocycles. The number of hydrogen-bond acceptors (Lipinski definition) is 5. The van der Waals surface area contributed by atoms with Crippen LogP contribution >= 0.6 is 0 Å². The average molecular weight is 520 g/mol. The number of amides is 3. The molecule has 1 heterocycles. The molecule has 5 N–H and O–H groups in total. The number of nitrogens with one attached hydrogen (secondary N) is 3. The number of nitrogen functional groups attached to an aromatic ring is 1. The third-order valence-electron chi connectivity index (χ3n) is 6.58. The minimum atomic E-state index is -0.381. The number of aryl methyl sites for hydroxylation is 1. The van der Waals surface area contributed by atoms with E-state index in [-0.39, 0.29) is 23.8 Å². The third kappa shape index (κ3) is 7.53. The molecule has 0 aliphatic carbocycles. The molecule has 0 radical (unpaired) electrons. The minimum absolute atomic E-state index is 0.268. The Morgan fingerprint density at radius 3 is 2.47 bits per heavy atom. The largest absolute Gasteiger partial charge is 0.397 e. The molecule has 8 nitrogen and oxygen atoms in total. The summed E-state index contributed by atoms with van der Waals surface area (Å²) in [6, 6.07) is 18.1. The molecule has 38 heavy (non-hydrogen) atoms. The molecule has 1 aliphatic heterocycles. The summed E-state index contributed by atoms with van der Waals surface area (Å²) < 4.78 is 19.0. The smallest absolute Gasteiger partial charge is 0.319 e. The number of rotatable bonds is 9. The first-order chi connectivity index (χ1) is 18.4. The lowest BCUT2D eigenvalue weighted by molar-refractivity contribution is 0.0369. The van der Waals surface area contributed by atoms with E-state index < -0.39 is 0 Å². The molecule has 0 spiro atoms. The van der Waals surface area contributed by atoms with Crippen LogP contribution in [-0.2, 0) is 4.74 Å². The lowest BCUT2D eigenvalue weighted by Crippen LogP contribution is -2.37. The Labute approximate surface area is 222 Å². The highest BCUT2D eigenvalue weighted by atomic mass is 19.1. The summed E-state index contributed by atoms with van der Waals surface area (Å²) in [5.74, 6) is -0.591. The second kappa shape index (κ2) is 13.0. The van der Waals surface area contributed by atoms with Crippen molar-refractivity contribution in [3.05, 3.63) is 89.2 Å². The van der Waals surface area contributed by atoms with Gasteiger partial charge >= 0.3 is 6.03 Å². The van der Waals surface area contributed by atoms with Crippen molar-refractivity contribution < 1.29 is 18.7 Å². The standard InChI is InChI=1S/C29H34FN5O3/c1-20-19-23(12-13-24(20)30)32-29(37)34-26(7-4-14-35-15-17-38-18-16-35)21-8-10-22(11-9-21)28(36)33-27-6-3-2-5-25(27)31/h2-3,5-6,8-13,19,26H,4,7,14-18,31H2,1H3,(H,33,36)(H2,32,34,37). The first-order valence-corrected chi connectivity index (χ1v) is 12.8. The Kier molecular flexibility index (Phi) is 9.29. The molecule has 1 unspecified atom stereocenters. The normalized spacial score (nSPS) is 14.5. The fourth-order valence-corrected chi connectivity index (χ4v) is 4.39. The number of halogens is 1.